The van der Waals surface area contributed by atoms with Gasteiger partial charge in [0.25, 0.3) is 0 Å². The van der Waals surface area contributed by atoms with E-state index in [2.05, 4.69) is 29.9 Å². The van der Waals surface area contributed by atoms with Gasteiger partial charge < -0.3 is 10.2 Å². The molecule has 3 fully saturated rings. The van der Waals surface area contributed by atoms with E-state index in [1.54, 1.807) is 0 Å². The summed E-state index contributed by atoms with van der Waals surface area (Å²) in [7, 11) is 0. The highest BCUT2D eigenvalue weighted by atomic mass is 16.3. The molecule has 138 valence electrons. The van der Waals surface area contributed by atoms with E-state index in [1.165, 1.54) is 12.0 Å². The molecule has 0 bridgehead atoms. The molecule has 3 saturated carbocycles. The number of azide groups is 1. The Kier molecular flexibility index (Phi) is 4.18. The molecular formula is C20H31N3O2. The summed E-state index contributed by atoms with van der Waals surface area (Å²) in [6.07, 6.45) is 9.08. The van der Waals surface area contributed by atoms with Gasteiger partial charge in [0.1, 0.15) is 0 Å². The van der Waals surface area contributed by atoms with Gasteiger partial charge in [0, 0.05) is 11.5 Å². The topological polar surface area (TPSA) is 89.2 Å². The van der Waals surface area contributed by atoms with E-state index >= 15 is 0 Å². The predicted molar refractivity (Wildman–Crippen MR) is 96.6 cm³/mol. The van der Waals surface area contributed by atoms with E-state index in [-0.39, 0.29) is 29.0 Å². The van der Waals surface area contributed by atoms with Crippen LogP contribution in [-0.2, 0) is 0 Å². The third-order valence-corrected chi connectivity index (χ3v) is 8.57. The average Bonchev–Trinajstić information content (AvgIpc) is 2.85. The van der Waals surface area contributed by atoms with Crippen LogP contribution in [0.5, 0.6) is 0 Å². The monoisotopic (exact) mass is 345 g/mol. The van der Waals surface area contributed by atoms with Gasteiger partial charge in [-0.25, -0.2) is 0 Å². The maximum absolute atomic E-state index is 11.0. The van der Waals surface area contributed by atoms with Crippen LogP contribution in [0.1, 0.15) is 58.8 Å². The number of allylic oxidation sites excluding steroid dienone is 1. The molecule has 4 aliphatic carbocycles. The Morgan fingerprint density at radius 2 is 2.04 bits per heavy atom. The van der Waals surface area contributed by atoms with Gasteiger partial charge in [0.2, 0.25) is 0 Å². The van der Waals surface area contributed by atoms with Crippen LogP contribution in [-0.4, -0.2) is 29.0 Å². The van der Waals surface area contributed by atoms with Gasteiger partial charge in [-0.3, -0.25) is 0 Å². The van der Waals surface area contributed by atoms with Crippen LogP contribution in [0.25, 0.3) is 10.4 Å². The standard InChI is InChI=1S/C20H31N3O2/c1-19-7-5-14(24)10-13(19)3-4-15-16(19)6-8-20(2)17(15)9-12(18(20)25)11-22-23-21/h3,12,14-18,24-25H,4-11H2,1-2H3/t12-,14+,15-,16+,17+,18+,19+,20+/m1/s1. The van der Waals surface area contributed by atoms with Crippen molar-refractivity contribution in [1.82, 2.24) is 0 Å². The minimum atomic E-state index is -0.352. The Balaban J connectivity index is 1.63. The van der Waals surface area contributed by atoms with Crippen molar-refractivity contribution in [2.45, 2.75) is 71.0 Å². The molecule has 0 aliphatic heterocycles. The Bertz CT molecular complexity index is 628. The first-order valence-electron chi connectivity index (χ1n) is 9.96. The molecule has 0 aromatic carbocycles. The van der Waals surface area contributed by atoms with Crippen LogP contribution < -0.4 is 0 Å². The smallest absolute Gasteiger partial charge is 0.0626 e. The molecule has 0 unspecified atom stereocenters. The van der Waals surface area contributed by atoms with Gasteiger partial charge in [0.15, 0.2) is 0 Å². The fraction of sp³-hybridized carbons (Fsp3) is 0.900. The lowest BCUT2D eigenvalue weighted by molar-refractivity contribution is -0.0747. The number of aliphatic hydroxyl groups is 2. The molecular weight excluding hydrogens is 314 g/mol. The molecule has 8 atom stereocenters. The molecule has 0 radical (unpaired) electrons. The van der Waals surface area contributed by atoms with Crippen molar-refractivity contribution in [3.8, 4) is 0 Å². The van der Waals surface area contributed by atoms with Crippen molar-refractivity contribution in [2.24, 2.45) is 39.6 Å². The number of fused-ring (bicyclic) bond motifs is 5. The first-order valence-corrected chi connectivity index (χ1v) is 9.96. The summed E-state index contributed by atoms with van der Waals surface area (Å²) in [5.74, 6) is 1.91. The molecule has 0 spiro atoms. The fourth-order valence-electron chi connectivity index (χ4n) is 7.11. The Hall–Kier alpha value is -1.03. The molecule has 4 aliphatic rings. The first-order chi connectivity index (χ1) is 11.9. The van der Waals surface area contributed by atoms with Crippen LogP contribution in [0, 0.1) is 34.5 Å². The second-order valence-corrected chi connectivity index (χ2v) is 9.55. The van der Waals surface area contributed by atoms with Crippen molar-refractivity contribution >= 4 is 0 Å². The maximum atomic E-state index is 11.0. The zero-order chi connectivity index (χ0) is 17.8. The molecule has 0 heterocycles. The van der Waals surface area contributed by atoms with Gasteiger partial charge >= 0.3 is 0 Å². The van der Waals surface area contributed by atoms with Crippen LogP contribution in [0.2, 0.25) is 0 Å². The molecule has 0 saturated heterocycles. The summed E-state index contributed by atoms with van der Waals surface area (Å²) in [4.78, 5) is 2.91. The predicted octanol–water partition coefficient (Wildman–Crippen LogP) is 4.21. The summed E-state index contributed by atoms with van der Waals surface area (Å²) in [5.41, 5.74) is 10.3. The lowest BCUT2D eigenvalue weighted by Gasteiger charge is -2.57. The van der Waals surface area contributed by atoms with Crippen molar-refractivity contribution in [2.75, 3.05) is 6.54 Å². The normalized spacial score (nSPS) is 51.6. The fourth-order valence-corrected chi connectivity index (χ4v) is 7.11. The lowest BCUT2D eigenvalue weighted by Crippen LogP contribution is -2.51. The zero-order valence-electron chi connectivity index (χ0n) is 15.4. The minimum Gasteiger partial charge on any atom is -0.393 e. The Morgan fingerprint density at radius 1 is 1.24 bits per heavy atom. The van der Waals surface area contributed by atoms with Gasteiger partial charge in [-0.1, -0.05) is 30.6 Å². The van der Waals surface area contributed by atoms with E-state index in [0.29, 0.717) is 24.3 Å². The number of hydrogen-bond donors (Lipinski definition) is 2. The number of hydrogen-bond acceptors (Lipinski definition) is 3. The SMILES string of the molecule is C[C@]12CC[C@H]3[C@@H](CC=C4C[C@@H](O)CC[C@@]43C)[C@@H]1C[C@H](CN=[N+]=[N-])[C@@H]2O. The number of rotatable bonds is 2. The van der Waals surface area contributed by atoms with Gasteiger partial charge in [-0.05, 0) is 85.0 Å². The highest BCUT2D eigenvalue weighted by Crippen LogP contribution is 2.65. The van der Waals surface area contributed by atoms with Crippen molar-refractivity contribution in [1.29, 1.82) is 0 Å². The van der Waals surface area contributed by atoms with E-state index in [1.807, 2.05) is 0 Å². The van der Waals surface area contributed by atoms with Gasteiger partial charge in [0.05, 0.1) is 12.2 Å². The van der Waals surface area contributed by atoms with Crippen LogP contribution in [0.15, 0.2) is 16.8 Å². The van der Waals surface area contributed by atoms with Gasteiger partial charge in [-0.2, -0.15) is 0 Å². The summed E-state index contributed by atoms with van der Waals surface area (Å²) >= 11 is 0. The average molecular weight is 345 g/mol. The van der Waals surface area contributed by atoms with Crippen LogP contribution in [0.4, 0.5) is 0 Å². The van der Waals surface area contributed by atoms with Gasteiger partial charge in [-0.15, -0.1) is 0 Å². The molecule has 0 aromatic heterocycles. The third-order valence-electron chi connectivity index (χ3n) is 8.57. The van der Waals surface area contributed by atoms with E-state index in [0.717, 1.165) is 38.5 Å². The molecule has 4 rings (SSSR count). The summed E-state index contributed by atoms with van der Waals surface area (Å²) < 4.78 is 0. The van der Waals surface area contributed by atoms with E-state index in [4.69, 9.17) is 5.53 Å². The second kappa shape index (κ2) is 6.00. The minimum absolute atomic E-state index is 0.0350. The number of nitrogens with zero attached hydrogens (tertiary/aromatic N) is 3. The van der Waals surface area contributed by atoms with E-state index in [9.17, 15) is 10.2 Å². The first kappa shape index (κ1) is 17.4. The molecule has 5 heteroatoms. The maximum Gasteiger partial charge on any atom is 0.0626 e. The summed E-state index contributed by atoms with van der Waals surface area (Å²) in [5, 5.41) is 24.8. The molecule has 0 aromatic rings. The summed E-state index contributed by atoms with van der Waals surface area (Å²) in [6, 6.07) is 0. The molecule has 0 amide bonds. The van der Waals surface area contributed by atoms with E-state index < -0.39 is 0 Å². The van der Waals surface area contributed by atoms with Crippen molar-refractivity contribution in [3.05, 3.63) is 22.1 Å². The molecule has 25 heavy (non-hydrogen) atoms. The lowest BCUT2D eigenvalue weighted by atomic mass is 9.48. The van der Waals surface area contributed by atoms with Crippen molar-refractivity contribution < 1.29 is 10.2 Å². The summed E-state index contributed by atoms with van der Waals surface area (Å²) in [6.45, 7) is 5.11. The largest absolute Gasteiger partial charge is 0.393 e. The molecule has 2 N–H and O–H groups in total. The highest BCUT2D eigenvalue weighted by molar-refractivity contribution is 5.25. The quantitative estimate of drug-likeness (QED) is 0.340. The highest BCUT2D eigenvalue weighted by Gasteiger charge is 2.60. The Morgan fingerprint density at radius 3 is 2.80 bits per heavy atom. The van der Waals surface area contributed by atoms with Crippen molar-refractivity contribution in [3.63, 3.8) is 0 Å². The second-order valence-electron chi connectivity index (χ2n) is 9.55. The van der Waals surface area contributed by atoms with Crippen LogP contribution >= 0.6 is 0 Å². The third kappa shape index (κ3) is 2.47. The van der Waals surface area contributed by atoms with Crippen LogP contribution in [0.3, 0.4) is 0 Å². The Labute approximate surface area is 150 Å². The number of aliphatic hydroxyl groups excluding tert-OH is 2. The zero-order valence-corrected chi connectivity index (χ0v) is 15.4. The molecule has 5 nitrogen and oxygen atoms in total.